The van der Waals surface area contributed by atoms with Gasteiger partial charge in [-0.2, -0.15) is 0 Å². The van der Waals surface area contributed by atoms with Crippen molar-refractivity contribution in [3.05, 3.63) is 51.3 Å². The normalized spacial score (nSPS) is 12.0. The molecule has 0 fully saturated rings. The van der Waals surface area contributed by atoms with E-state index in [1.165, 1.54) is 0 Å². The number of aliphatic carboxylic acids is 1. The SMILES string of the molecule is Cc1noc(C)c1C(=O)NC(CC(=O)O)c1ccc(Br)cc1. The zero-order valence-electron chi connectivity index (χ0n) is 12.1. The maximum Gasteiger partial charge on any atom is 0.305 e. The molecule has 0 saturated carbocycles. The van der Waals surface area contributed by atoms with Crippen LogP contribution in [0.1, 0.15) is 39.8 Å². The van der Waals surface area contributed by atoms with Crippen LogP contribution in [0.25, 0.3) is 0 Å². The van der Waals surface area contributed by atoms with Crippen LogP contribution >= 0.6 is 15.9 Å². The summed E-state index contributed by atoms with van der Waals surface area (Å²) >= 11 is 3.32. The van der Waals surface area contributed by atoms with Gasteiger partial charge in [0.15, 0.2) is 0 Å². The van der Waals surface area contributed by atoms with E-state index in [4.69, 9.17) is 9.63 Å². The molecule has 0 bridgehead atoms. The van der Waals surface area contributed by atoms with E-state index in [1.807, 2.05) is 0 Å². The van der Waals surface area contributed by atoms with Crippen molar-refractivity contribution in [3.63, 3.8) is 0 Å². The number of aryl methyl sites for hydroxylation is 2. The molecule has 2 aromatic rings. The van der Waals surface area contributed by atoms with E-state index in [0.29, 0.717) is 22.6 Å². The van der Waals surface area contributed by atoms with E-state index in [2.05, 4.69) is 26.4 Å². The van der Waals surface area contributed by atoms with Crippen LogP contribution in [0, 0.1) is 13.8 Å². The molecule has 1 aromatic heterocycles. The molecule has 7 heteroatoms. The summed E-state index contributed by atoms with van der Waals surface area (Å²) in [7, 11) is 0. The zero-order chi connectivity index (χ0) is 16.3. The summed E-state index contributed by atoms with van der Waals surface area (Å²) in [5.41, 5.74) is 1.53. The second kappa shape index (κ2) is 6.74. The van der Waals surface area contributed by atoms with Gasteiger partial charge in [-0.05, 0) is 31.5 Å². The number of carbonyl (C=O) groups excluding carboxylic acids is 1. The average molecular weight is 367 g/mol. The number of nitrogens with one attached hydrogen (secondary N) is 1. The molecule has 0 saturated heterocycles. The largest absolute Gasteiger partial charge is 0.481 e. The van der Waals surface area contributed by atoms with Gasteiger partial charge in [-0.25, -0.2) is 0 Å². The maximum atomic E-state index is 12.4. The summed E-state index contributed by atoms with van der Waals surface area (Å²) in [4.78, 5) is 23.4. The predicted octanol–water partition coefficient (Wildman–Crippen LogP) is 3.00. The average Bonchev–Trinajstić information content (AvgIpc) is 2.77. The standard InChI is InChI=1S/C15H15BrN2O4/c1-8-14(9(2)22-18-8)15(21)17-12(7-13(19)20)10-3-5-11(16)6-4-10/h3-6,12H,7H2,1-2H3,(H,17,21)(H,19,20). The Labute approximate surface area is 135 Å². The summed E-state index contributed by atoms with van der Waals surface area (Å²) in [5.74, 6) is -0.989. The van der Waals surface area contributed by atoms with Gasteiger partial charge < -0.3 is 14.9 Å². The summed E-state index contributed by atoms with van der Waals surface area (Å²) in [5, 5.41) is 15.5. The number of halogens is 1. The molecule has 0 aliphatic heterocycles. The third kappa shape index (κ3) is 3.73. The number of rotatable bonds is 5. The summed E-state index contributed by atoms with van der Waals surface area (Å²) in [6.45, 7) is 3.30. The molecule has 0 aliphatic carbocycles. The number of hydrogen-bond acceptors (Lipinski definition) is 4. The van der Waals surface area contributed by atoms with Crippen molar-refractivity contribution in [2.75, 3.05) is 0 Å². The van der Waals surface area contributed by atoms with Crippen LogP contribution in [0.2, 0.25) is 0 Å². The van der Waals surface area contributed by atoms with Gasteiger partial charge in [-0.1, -0.05) is 33.2 Å². The number of carbonyl (C=O) groups is 2. The highest BCUT2D eigenvalue weighted by molar-refractivity contribution is 9.10. The van der Waals surface area contributed by atoms with Gasteiger partial charge in [0.2, 0.25) is 0 Å². The van der Waals surface area contributed by atoms with Crippen molar-refractivity contribution in [1.29, 1.82) is 0 Å². The molecule has 2 rings (SSSR count). The minimum atomic E-state index is -0.994. The highest BCUT2D eigenvalue weighted by atomic mass is 79.9. The Bertz CT molecular complexity index is 675. The van der Waals surface area contributed by atoms with Gasteiger partial charge in [0, 0.05) is 4.47 Å². The summed E-state index contributed by atoms with van der Waals surface area (Å²) < 4.78 is 5.84. The first-order valence-electron chi connectivity index (χ1n) is 6.59. The minimum Gasteiger partial charge on any atom is -0.481 e. The number of hydrogen-bond donors (Lipinski definition) is 2. The number of carboxylic acid groups (broad SMARTS) is 1. The van der Waals surface area contributed by atoms with Crippen LogP contribution in [0.3, 0.4) is 0 Å². The molecule has 0 spiro atoms. The lowest BCUT2D eigenvalue weighted by Gasteiger charge is -2.17. The van der Waals surface area contributed by atoms with Crippen LogP contribution in [0.4, 0.5) is 0 Å². The fourth-order valence-electron chi connectivity index (χ4n) is 2.16. The highest BCUT2D eigenvalue weighted by Crippen LogP contribution is 2.21. The van der Waals surface area contributed by atoms with E-state index in [1.54, 1.807) is 38.1 Å². The first-order chi connectivity index (χ1) is 10.4. The molecule has 116 valence electrons. The monoisotopic (exact) mass is 366 g/mol. The van der Waals surface area contributed by atoms with Crippen LogP contribution in [0.15, 0.2) is 33.3 Å². The lowest BCUT2D eigenvalue weighted by Crippen LogP contribution is -2.30. The van der Waals surface area contributed by atoms with Gasteiger partial charge in [-0.15, -0.1) is 0 Å². The Kier molecular flexibility index (Phi) is 4.97. The van der Waals surface area contributed by atoms with Gasteiger partial charge in [0.25, 0.3) is 5.91 Å². The molecule has 1 amide bonds. The molecular weight excluding hydrogens is 352 g/mol. The molecule has 6 nitrogen and oxygen atoms in total. The van der Waals surface area contributed by atoms with E-state index < -0.39 is 17.9 Å². The van der Waals surface area contributed by atoms with Crippen LogP contribution in [0.5, 0.6) is 0 Å². The maximum absolute atomic E-state index is 12.4. The van der Waals surface area contributed by atoms with Gasteiger partial charge >= 0.3 is 5.97 Å². The quantitative estimate of drug-likeness (QED) is 0.848. The Morgan fingerprint density at radius 2 is 1.95 bits per heavy atom. The fourth-order valence-corrected chi connectivity index (χ4v) is 2.42. The molecular formula is C15H15BrN2O4. The van der Waals surface area contributed by atoms with Crippen LogP contribution < -0.4 is 5.32 Å². The van der Waals surface area contributed by atoms with Gasteiger partial charge in [-0.3, -0.25) is 9.59 Å². The second-order valence-electron chi connectivity index (χ2n) is 4.87. The summed E-state index contributed by atoms with van der Waals surface area (Å²) in [6, 6.07) is 6.50. The Hall–Kier alpha value is -2.15. The Morgan fingerprint density at radius 3 is 2.45 bits per heavy atom. The van der Waals surface area contributed by atoms with E-state index >= 15 is 0 Å². The zero-order valence-corrected chi connectivity index (χ0v) is 13.7. The third-order valence-electron chi connectivity index (χ3n) is 3.22. The molecule has 0 aliphatic rings. The second-order valence-corrected chi connectivity index (χ2v) is 5.79. The first kappa shape index (κ1) is 16.2. The number of amides is 1. The fraction of sp³-hybridized carbons (Fsp3) is 0.267. The van der Waals surface area contributed by atoms with Crippen molar-refractivity contribution < 1.29 is 19.2 Å². The van der Waals surface area contributed by atoms with Crippen LogP contribution in [-0.2, 0) is 4.79 Å². The molecule has 0 radical (unpaired) electrons. The first-order valence-corrected chi connectivity index (χ1v) is 7.38. The van der Waals surface area contributed by atoms with E-state index in [9.17, 15) is 9.59 Å². The Balaban J connectivity index is 2.25. The van der Waals surface area contributed by atoms with Crippen molar-refractivity contribution in [1.82, 2.24) is 10.5 Å². The van der Waals surface area contributed by atoms with Crippen molar-refractivity contribution in [2.24, 2.45) is 0 Å². The minimum absolute atomic E-state index is 0.212. The van der Waals surface area contributed by atoms with E-state index in [0.717, 1.165) is 4.47 Å². The molecule has 1 aromatic carbocycles. The number of benzene rings is 1. The van der Waals surface area contributed by atoms with Gasteiger partial charge in [0.05, 0.1) is 18.2 Å². The third-order valence-corrected chi connectivity index (χ3v) is 3.75. The van der Waals surface area contributed by atoms with E-state index in [-0.39, 0.29) is 6.42 Å². The lowest BCUT2D eigenvalue weighted by atomic mass is 10.0. The molecule has 1 heterocycles. The lowest BCUT2D eigenvalue weighted by molar-refractivity contribution is -0.137. The van der Waals surface area contributed by atoms with Gasteiger partial charge in [0.1, 0.15) is 11.3 Å². The predicted molar refractivity (Wildman–Crippen MR) is 82.6 cm³/mol. The molecule has 1 atom stereocenters. The van der Waals surface area contributed by atoms with Crippen molar-refractivity contribution in [2.45, 2.75) is 26.3 Å². The number of carboxylic acids is 1. The van der Waals surface area contributed by atoms with Crippen molar-refractivity contribution in [3.8, 4) is 0 Å². The number of aromatic nitrogens is 1. The molecule has 22 heavy (non-hydrogen) atoms. The van der Waals surface area contributed by atoms with Crippen molar-refractivity contribution >= 4 is 27.8 Å². The molecule has 2 N–H and O–H groups in total. The topological polar surface area (TPSA) is 92.4 Å². The van der Waals surface area contributed by atoms with Crippen LogP contribution in [-0.4, -0.2) is 22.1 Å². The smallest absolute Gasteiger partial charge is 0.305 e. The highest BCUT2D eigenvalue weighted by Gasteiger charge is 2.23. The summed E-state index contributed by atoms with van der Waals surface area (Å²) in [6.07, 6.45) is -0.212. The molecule has 1 unspecified atom stereocenters. The Morgan fingerprint density at radius 1 is 1.32 bits per heavy atom. The number of nitrogens with zero attached hydrogens (tertiary/aromatic N) is 1.